The topological polar surface area (TPSA) is 78.3 Å². The molecule has 0 spiro atoms. The molecule has 0 aliphatic heterocycles. The molecule has 6 nitrogen and oxygen atoms in total. The summed E-state index contributed by atoms with van der Waals surface area (Å²) >= 11 is 1.13. The molecule has 1 aromatic carbocycles. The average molecular weight is 306 g/mol. The zero-order chi connectivity index (χ0) is 15.4. The summed E-state index contributed by atoms with van der Waals surface area (Å²) in [6.07, 6.45) is 0. The van der Waals surface area contributed by atoms with Gasteiger partial charge in [0.2, 0.25) is 0 Å². The molecule has 110 valence electrons. The highest BCUT2D eigenvalue weighted by molar-refractivity contribution is 7.99. The number of rotatable bonds is 5. The Bertz CT molecular complexity index is 754. The van der Waals surface area contributed by atoms with E-state index in [0.29, 0.717) is 16.1 Å². The third kappa shape index (κ3) is 3.49. The Hall–Kier alpha value is -2.15. The van der Waals surface area contributed by atoms with E-state index in [0.717, 1.165) is 11.8 Å². The van der Waals surface area contributed by atoms with E-state index in [9.17, 15) is 14.4 Å². The number of Topliss-reactive ketones (excluding diaryl/α,β-unsaturated/α-hetero) is 1. The lowest BCUT2D eigenvalue weighted by molar-refractivity contribution is -0.141. The minimum absolute atomic E-state index is 0.0352. The molecule has 0 atom stereocenters. The van der Waals surface area contributed by atoms with Crippen LogP contribution in [0, 0.1) is 0 Å². The van der Waals surface area contributed by atoms with Crippen molar-refractivity contribution >= 4 is 34.4 Å². The Morgan fingerprint density at radius 2 is 2.05 bits per heavy atom. The minimum Gasteiger partial charge on any atom is -0.468 e. The summed E-state index contributed by atoms with van der Waals surface area (Å²) < 4.78 is 5.84. The van der Waals surface area contributed by atoms with Gasteiger partial charge >= 0.3 is 5.97 Å². The van der Waals surface area contributed by atoms with Crippen LogP contribution in [0.1, 0.15) is 6.92 Å². The molecule has 0 saturated carbocycles. The molecular weight excluding hydrogens is 292 g/mol. The summed E-state index contributed by atoms with van der Waals surface area (Å²) in [7, 11) is 1.25. The van der Waals surface area contributed by atoms with E-state index in [2.05, 4.69) is 9.72 Å². The molecule has 0 bridgehead atoms. The molecule has 0 N–H and O–H groups in total. The Kier molecular flexibility index (Phi) is 4.74. The van der Waals surface area contributed by atoms with Crippen molar-refractivity contribution in [2.75, 3.05) is 12.9 Å². The van der Waals surface area contributed by atoms with Gasteiger partial charge in [-0.1, -0.05) is 23.9 Å². The minimum atomic E-state index is -0.543. The van der Waals surface area contributed by atoms with Gasteiger partial charge in [0.1, 0.15) is 12.3 Å². The van der Waals surface area contributed by atoms with Crippen molar-refractivity contribution in [1.82, 2.24) is 9.55 Å². The fraction of sp³-hybridized carbons (Fsp3) is 0.286. The van der Waals surface area contributed by atoms with Gasteiger partial charge in [0.15, 0.2) is 5.16 Å². The zero-order valence-corrected chi connectivity index (χ0v) is 12.5. The van der Waals surface area contributed by atoms with E-state index in [-0.39, 0.29) is 23.6 Å². The van der Waals surface area contributed by atoms with E-state index < -0.39 is 5.97 Å². The molecule has 1 aromatic heterocycles. The van der Waals surface area contributed by atoms with Crippen molar-refractivity contribution in [3.63, 3.8) is 0 Å². The van der Waals surface area contributed by atoms with Crippen molar-refractivity contribution < 1.29 is 14.3 Å². The van der Waals surface area contributed by atoms with Gasteiger partial charge in [-0.15, -0.1) is 0 Å². The van der Waals surface area contributed by atoms with Gasteiger partial charge in [-0.2, -0.15) is 0 Å². The van der Waals surface area contributed by atoms with Crippen LogP contribution < -0.4 is 5.56 Å². The van der Waals surface area contributed by atoms with Crippen LogP contribution in [0.15, 0.2) is 34.2 Å². The second kappa shape index (κ2) is 6.53. The highest BCUT2D eigenvalue weighted by atomic mass is 32.2. The molecule has 0 fully saturated rings. The number of aromatic nitrogens is 2. The molecule has 0 unspecified atom stereocenters. The van der Waals surface area contributed by atoms with Crippen molar-refractivity contribution in [2.24, 2.45) is 0 Å². The first-order chi connectivity index (χ1) is 10.0. The van der Waals surface area contributed by atoms with Crippen LogP contribution in [0.5, 0.6) is 0 Å². The number of carbonyl (C=O) groups is 2. The number of hydrogen-bond donors (Lipinski definition) is 0. The Labute approximate surface area is 125 Å². The van der Waals surface area contributed by atoms with Gasteiger partial charge in [-0.25, -0.2) is 4.98 Å². The van der Waals surface area contributed by atoms with Crippen molar-refractivity contribution in [2.45, 2.75) is 18.6 Å². The van der Waals surface area contributed by atoms with Crippen LogP contribution in [0.25, 0.3) is 10.9 Å². The Balaban J connectivity index is 2.56. The number of nitrogens with zero attached hydrogens (tertiary/aromatic N) is 2. The predicted molar refractivity (Wildman–Crippen MR) is 79.4 cm³/mol. The molecule has 7 heteroatoms. The van der Waals surface area contributed by atoms with Crippen LogP contribution in [-0.4, -0.2) is 34.2 Å². The second-order valence-corrected chi connectivity index (χ2v) is 5.31. The maximum atomic E-state index is 12.5. The van der Waals surface area contributed by atoms with Gasteiger partial charge in [-0.05, 0) is 19.1 Å². The lowest BCUT2D eigenvalue weighted by Crippen LogP contribution is -2.27. The average Bonchev–Trinajstić information content (AvgIpc) is 2.48. The fourth-order valence-corrected chi connectivity index (χ4v) is 2.56. The summed E-state index contributed by atoms with van der Waals surface area (Å²) in [4.78, 5) is 39.4. The number of ketones is 1. The number of thioether (sulfide) groups is 1. The lowest BCUT2D eigenvalue weighted by Gasteiger charge is -2.11. The van der Waals surface area contributed by atoms with Crippen molar-refractivity contribution in [1.29, 1.82) is 0 Å². The van der Waals surface area contributed by atoms with Crippen LogP contribution in [0.4, 0.5) is 0 Å². The third-order valence-corrected chi connectivity index (χ3v) is 3.87. The van der Waals surface area contributed by atoms with E-state index in [1.54, 1.807) is 24.3 Å². The van der Waals surface area contributed by atoms with Gasteiger partial charge < -0.3 is 4.74 Å². The number of ether oxygens (including phenoxy) is 1. The Morgan fingerprint density at radius 3 is 2.71 bits per heavy atom. The summed E-state index contributed by atoms with van der Waals surface area (Å²) in [6, 6.07) is 6.88. The molecule has 1 heterocycles. The van der Waals surface area contributed by atoms with Crippen molar-refractivity contribution in [3.8, 4) is 0 Å². The highest BCUT2D eigenvalue weighted by Gasteiger charge is 2.15. The van der Waals surface area contributed by atoms with Gasteiger partial charge in [0, 0.05) is 0 Å². The van der Waals surface area contributed by atoms with E-state index >= 15 is 0 Å². The number of benzene rings is 1. The number of methoxy groups -OCH3 is 1. The second-order valence-electron chi connectivity index (χ2n) is 4.37. The maximum Gasteiger partial charge on any atom is 0.325 e. The quantitative estimate of drug-likeness (QED) is 0.470. The molecular formula is C14H14N2O4S. The standard InChI is InChI=1S/C14H14N2O4S/c1-9(17)8-21-14-15-11-6-4-3-5-10(11)13(19)16(14)7-12(18)20-2/h3-6H,7-8H2,1-2H3. The van der Waals surface area contributed by atoms with Crippen LogP contribution in [-0.2, 0) is 20.9 Å². The van der Waals surface area contributed by atoms with Crippen molar-refractivity contribution in [3.05, 3.63) is 34.6 Å². The van der Waals surface area contributed by atoms with Gasteiger partial charge in [0.25, 0.3) is 5.56 Å². The van der Waals surface area contributed by atoms with Crippen LogP contribution in [0.2, 0.25) is 0 Å². The Morgan fingerprint density at radius 1 is 1.33 bits per heavy atom. The number of para-hydroxylation sites is 1. The largest absolute Gasteiger partial charge is 0.468 e. The molecule has 0 saturated heterocycles. The molecule has 0 aliphatic rings. The lowest BCUT2D eigenvalue weighted by atomic mass is 10.2. The normalized spacial score (nSPS) is 10.6. The van der Waals surface area contributed by atoms with Gasteiger partial charge in [0.05, 0.1) is 23.8 Å². The number of carbonyl (C=O) groups excluding carboxylic acids is 2. The zero-order valence-electron chi connectivity index (χ0n) is 11.7. The smallest absolute Gasteiger partial charge is 0.325 e. The monoisotopic (exact) mass is 306 g/mol. The first kappa shape index (κ1) is 15.2. The maximum absolute atomic E-state index is 12.5. The van der Waals surface area contributed by atoms with Crippen LogP contribution in [0.3, 0.4) is 0 Å². The fourth-order valence-electron chi connectivity index (χ4n) is 1.76. The first-order valence-corrected chi connectivity index (χ1v) is 7.20. The van der Waals surface area contributed by atoms with E-state index in [1.165, 1.54) is 18.6 Å². The molecule has 0 aliphatic carbocycles. The molecule has 2 aromatic rings. The first-order valence-electron chi connectivity index (χ1n) is 6.21. The summed E-state index contributed by atoms with van der Waals surface area (Å²) in [5.41, 5.74) is 0.215. The number of fused-ring (bicyclic) bond motifs is 1. The number of hydrogen-bond acceptors (Lipinski definition) is 6. The summed E-state index contributed by atoms with van der Waals surface area (Å²) in [6.45, 7) is 1.23. The number of esters is 1. The molecule has 0 amide bonds. The van der Waals surface area contributed by atoms with Gasteiger partial charge in [-0.3, -0.25) is 19.0 Å². The SMILES string of the molecule is COC(=O)Cn1c(SCC(C)=O)nc2ccccc2c1=O. The van der Waals surface area contributed by atoms with E-state index in [4.69, 9.17) is 0 Å². The van der Waals surface area contributed by atoms with E-state index in [1.807, 2.05) is 0 Å². The molecule has 0 radical (unpaired) electrons. The van der Waals surface area contributed by atoms with Crippen LogP contribution >= 0.6 is 11.8 Å². The third-order valence-electron chi connectivity index (χ3n) is 2.75. The molecule has 21 heavy (non-hydrogen) atoms. The molecule has 2 rings (SSSR count). The summed E-state index contributed by atoms with van der Waals surface area (Å²) in [5.74, 6) is -0.391. The summed E-state index contributed by atoms with van der Waals surface area (Å²) in [5, 5.41) is 0.757. The highest BCUT2D eigenvalue weighted by Crippen LogP contribution is 2.17. The predicted octanol–water partition coefficient (Wildman–Crippen LogP) is 1.25.